The van der Waals surface area contributed by atoms with Crippen molar-refractivity contribution < 1.29 is 48.6 Å². The van der Waals surface area contributed by atoms with E-state index >= 15 is 0 Å². The number of ketones is 1. The van der Waals surface area contributed by atoms with Gasteiger partial charge in [0.1, 0.15) is 11.6 Å². The molecule has 0 bridgehead atoms. The van der Waals surface area contributed by atoms with Crippen molar-refractivity contribution in [1.29, 1.82) is 0 Å². The van der Waals surface area contributed by atoms with E-state index in [2.05, 4.69) is 20.6 Å². The van der Waals surface area contributed by atoms with Crippen LogP contribution in [0.1, 0.15) is 75.2 Å². The highest BCUT2D eigenvalue weighted by molar-refractivity contribution is 7.59. The van der Waals surface area contributed by atoms with Crippen LogP contribution in [0.5, 0.6) is 0 Å². The Kier molecular flexibility index (Phi) is 14.6. The minimum atomic E-state index is -4.76. The van der Waals surface area contributed by atoms with Gasteiger partial charge in [-0.05, 0) is 81.9 Å². The molecule has 1 atom stereocenters. The van der Waals surface area contributed by atoms with Crippen molar-refractivity contribution in [2.45, 2.75) is 83.1 Å². The number of aromatic nitrogens is 2. The molecule has 0 saturated carbocycles. The number of nitrogens with zero attached hydrogens (tertiary/aromatic N) is 4. The third-order valence-corrected chi connectivity index (χ3v) is 8.39. The molecule has 3 heterocycles. The summed E-state index contributed by atoms with van der Waals surface area (Å²) in [5.74, 6) is -0.720. The van der Waals surface area contributed by atoms with Gasteiger partial charge in [-0.25, -0.2) is 14.8 Å². The van der Waals surface area contributed by atoms with Crippen LogP contribution in [0.25, 0.3) is 0 Å². The Labute approximate surface area is 281 Å². The molecule has 2 N–H and O–H groups in total. The van der Waals surface area contributed by atoms with Gasteiger partial charge in [-0.1, -0.05) is 12.1 Å². The monoisotopic (exact) mass is 722 g/mol. The highest BCUT2D eigenvalue weighted by Crippen LogP contribution is 2.35. The lowest BCUT2D eigenvalue weighted by Gasteiger charge is -2.34. The van der Waals surface area contributed by atoms with E-state index in [0.717, 1.165) is 37.8 Å². The number of piperidine rings is 1. The minimum absolute atomic E-state index is 0.0736. The van der Waals surface area contributed by atoms with E-state index in [1.807, 2.05) is 11.8 Å². The van der Waals surface area contributed by atoms with Crippen LogP contribution in [-0.4, -0.2) is 73.2 Å². The normalized spacial score (nSPS) is 16.9. The maximum atomic E-state index is 13.9. The summed E-state index contributed by atoms with van der Waals surface area (Å²) in [4.78, 5) is 35.9. The fourth-order valence-corrected chi connectivity index (χ4v) is 5.99. The van der Waals surface area contributed by atoms with Crippen LogP contribution < -0.4 is 20.4 Å². The largest absolute Gasteiger partial charge is 0.451 e. The smallest absolute Gasteiger partial charge is 0.356 e. The van der Waals surface area contributed by atoms with Crippen LogP contribution in [0, 0.1) is 5.92 Å². The number of alkyl halides is 6. The average Bonchev–Trinajstić information content (AvgIpc) is 3.53. The predicted octanol–water partition coefficient (Wildman–Crippen LogP) is 5.39. The topological polar surface area (TPSA) is 142 Å². The lowest BCUT2D eigenvalue weighted by atomic mass is 9.92. The fraction of sp³-hybridized carbons (Fsp3) is 0.613. The molecule has 2 saturated heterocycles. The SMILES string of the molecule is CCNC(=O)NCCCC1CCN(c2cc(N3CCC[C@H]3C(=O)CCCc3ccc(C(F)(F)F)cc3)nc(C(F)(F)F)n2)CC1.O=S(=O)=O. The highest BCUT2D eigenvalue weighted by Gasteiger charge is 2.39. The fourth-order valence-electron chi connectivity index (χ4n) is 5.99. The molecule has 2 amide bonds. The standard InChI is InChI=1S/C31H40F6N6O2.O3S/c1-2-38-29(45)39-16-4-7-22-14-18-42(19-15-22)26-20-27(41-28(40-26)31(35,36)37)43-17-5-8-24(43)25(44)9-3-6-21-10-12-23(13-11-21)30(32,33)34;1-4(2)3/h10-13,20,22,24H,2-9,14-19H2,1H3,(H2,38,39,45);/t24-;/m0./s1. The number of carbonyl (C=O) groups is 2. The summed E-state index contributed by atoms with van der Waals surface area (Å²) in [6.45, 7) is 4.40. The van der Waals surface area contributed by atoms with E-state index in [1.165, 1.54) is 12.1 Å². The van der Waals surface area contributed by atoms with Gasteiger partial charge in [0.25, 0.3) is 0 Å². The second kappa shape index (κ2) is 18.2. The molecular weight excluding hydrogens is 682 g/mol. The number of amides is 2. The van der Waals surface area contributed by atoms with Crippen LogP contribution in [0.2, 0.25) is 0 Å². The van der Waals surface area contributed by atoms with Gasteiger partial charge in [0, 0.05) is 45.2 Å². The van der Waals surface area contributed by atoms with Gasteiger partial charge in [0.15, 0.2) is 5.78 Å². The van der Waals surface area contributed by atoms with Crippen LogP contribution in [0.3, 0.4) is 0 Å². The first-order chi connectivity index (χ1) is 23.1. The molecule has 49 heavy (non-hydrogen) atoms. The first-order valence-electron chi connectivity index (χ1n) is 16.0. The first kappa shape index (κ1) is 39.5. The summed E-state index contributed by atoms with van der Waals surface area (Å²) in [7, 11) is -3.11. The Hall–Kier alpha value is -3.96. The number of carbonyl (C=O) groups excluding carboxylic acids is 2. The molecule has 272 valence electrons. The van der Waals surface area contributed by atoms with Gasteiger partial charge in [0.05, 0.1) is 11.6 Å². The number of nitrogens with one attached hydrogen (secondary N) is 2. The van der Waals surface area contributed by atoms with E-state index in [9.17, 15) is 35.9 Å². The zero-order valence-corrected chi connectivity index (χ0v) is 27.8. The zero-order valence-electron chi connectivity index (χ0n) is 26.9. The van der Waals surface area contributed by atoms with Crippen LogP contribution in [-0.2, 0) is 34.2 Å². The zero-order chi connectivity index (χ0) is 36.2. The number of hydrogen-bond acceptors (Lipinski definition) is 9. The van der Waals surface area contributed by atoms with Gasteiger partial charge in [0.2, 0.25) is 5.82 Å². The van der Waals surface area contributed by atoms with Gasteiger partial charge < -0.3 is 20.4 Å². The number of aryl methyl sites for hydroxylation is 1. The molecule has 1 aromatic heterocycles. The van der Waals surface area contributed by atoms with Crippen molar-refractivity contribution in [2.24, 2.45) is 5.92 Å². The number of rotatable bonds is 12. The number of benzene rings is 1. The number of Topliss-reactive ketones (excluding diaryl/α,β-unsaturated/α-hetero) is 1. The quantitative estimate of drug-likeness (QED) is 0.218. The Morgan fingerprint density at radius 2 is 1.51 bits per heavy atom. The molecule has 0 spiro atoms. The third-order valence-electron chi connectivity index (χ3n) is 8.39. The van der Waals surface area contributed by atoms with E-state index in [0.29, 0.717) is 69.9 Å². The Balaban J connectivity index is 0.00000154. The van der Waals surface area contributed by atoms with E-state index in [1.54, 1.807) is 11.0 Å². The number of hydrogen-bond donors (Lipinski definition) is 2. The average molecular weight is 723 g/mol. The second-order valence-electron chi connectivity index (χ2n) is 11.8. The summed E-state index contributed by atoms with van der Waals surface area (Å²) < 4.78 is 105. The summed E-state index contributed by atoms with van der Waals surface area (Å²) in [5, 5.41) is 5.48. The molecule has 11 nitrogen and oxygen atoms in total. The van der Waals surface area contributed by atoms with Crippen LogP contribution in [0.4, 0.5) is 42.8 Å². The van der Waals surface area contributed by atoms with Crippen molar-refractivity contribution in [3.05, 3.63) is 47.3 Å². The van der Waals surface area contributed by atoms with Crippen molar-refractivity contribution >= 4 is 34.1 Å². The molecule has 0 unspecified atom stereocenters. The molecule has 0 radical (unpaired) electrons. The number of anilines is 2. The molecule has 2 aliphatic rings. The molecule has 18 heteroatoms. The van der Waals surface area contributed by atoms with Gasteiger partial charge in [-0.15, -0.1) is 12.6 Å². The second-order valence-corrected chi connectivity index (χ2v) is 12.2. The molecule has 2 aromatic rings. The molecule has 0 aliphatic carbocycles. The van der Waals surface area contributed by atoms with Crippen LogP contribution >= 0.6 is 0 Å². The van der Waals surface area contributed by atoms with Crippen molar-refractivity contribution in [1.82, 2.24) is 20.6 Å². The Bertz CT molecular complexity index is 1490. The van der Waals surface area contributed by atoms with Crippen molar-refractivity contribution in [3.63, 3.8) is 0 Å². The third kappa shape index (κ3) is 12.8. The predicted molar refractivity (Wildman–Crippen MR) is 168 cm³/mol. The molecule has 4 rings (SSSR count). The summed E-state index contributed by atoms with van der Waals surface area (Å²) in [5.41, 5.74) is -0.0627. The van der Waals surface area contributed by atoms with Crippen molar-refractivity contribution in [2.75, 3.05) is 42.5 Å². The molecule has 2 fully saturated rings. The Morgan fingerprint density at radius 1 is 0.878 bits per heavy atom. The maximum absolute atomic E-state index is 13.9. The lowest BCUT2D eigenvalue weighted by Crippen LogP contribution is -2.38. The van der Waals surface area contributed by atoms with Crippen LogP contribution in [0.15, 0.2) is 30.3 Å². The van der Waals surface area contributed by atoms with E-state index in [-0.39, 0.29) is 29.9 Å². The lowest BCUT2D eigenvalue weighted by molar-refractivity contribution is -0.144. The molecule has 2 aliphatic heterocycles. The highest BCUT2D eigenvalue weighted by atomic mass is 32.2. The maximum Gasteiger partial charge on any atom is 0.451 e. The number of urea groups is 1. The Morgan fingerprint density at radius 3 is 2.10 bits per heavy atom. The van der Waals surface area contributed by atoms with E-state index in [4.69, 9.17) is 12.6 Å². The summed E-state index contributed by atoms with van der Waals surface area (Å²) in [6.07, 6.45) is -3.82. The first-order valence-corrected chi connectivity index (χ1v) is 17.0. The van der Waals surface area contributed by atoms with Crippen molar-refractivity contribution in [3.8, 4) is 0 Å². The van der Waals surface area contributed by atoms with E-state index < -0.39 is 40.4 Å². The summed E-state index contributed by atoms with van der Waals surface area (Å²) >= 11 is 0. The molecular formula is C31H40F6N6O5S. The summed E-state index contributed by atoms with van der Waals surface area (Å²) in [6, 6.07) is 5.53. The van der Waals surface area contributed by atoms with Gasteiger partial charge >= 0.3 is 29.0 Å². The van der Waals surface area contributed by atoms with Gasteiger partial charge in [-0.3, -0.25) is 4.79 Å². The van der Waals surface area contributed by atoms with Gasteiger partial charge in [-0.2, -0.15) is 26.3 Å². The minimum Gasteiger partial charge on any atom is -0.356 e. The number of halogens is 6. The molecule has 1 aromatic carbocycles.